The Balaban J connectivity index is 2.09. The van der Waals surface area contributed by atoms with Gasteiger partial charge in [0.2, 0.25) is 0 Å². The lowest BCUT2D eigenvalue weighted by Gasteiger charge is -2.27. The lowest BCUT2D eigenvalue weighted by atomic mass is 10.1. The molecule has 0 radical (unpaired) electrons. The molecule has 5 nitrogen and oxygen atoms in total. The first-order valence-corrected chi connectivity index (χ1v) is 7.25. The van der Waals surface area contributed by atoms with Gasteiger partial charge in [-0.2, -0.15) is 0 Å². The zero-order valence-electron chi connectivity index (χ0n) is 11.4. The summed E-state index contributed by atoms with van der Waals surface area (Å²) in [6.45, 7) is 6.06. The van der Waals surface area contributed by atoms with Crippen molar-refractivity contribution in [3.05, 3.63) is 16.6 Å². The molecule has 104 valence electrons. The van der Waals surface area contributed by atoms with E-state index in [1.54, 1.807) is 15.8 Å². The van der Waals surface area contributed by atoms with Crippen LogP contribution in [0.4, 0.5) is 0 Å². The van der Waals surface area contributed by atoms with E-state index in [9.17, 15) is 9.59 Å². The van der Waals surface area contributed by atoms with Gasteiger partial charge in [-0.1, -0.05) is 0 Å². The van der Waals surface area contributed by atoms with Crippen LogP contribution in [-0.4, -0.2) is 39.9 Å². The van der Waals surface area contributed by atoms with Gasteiger partial charge in [0.05, 0.1) is 5.51 Å². The van der Waals surface area contributed by atoms with Gasteiger partial charge in [0.25, 0.3) is 5.91 Å². The lowest BCUT2D eigenvalue weighted by Crippen LogP contribution is -2.43. The second-order valence-electron chi connectivity index (χ2n) is 5.56. The first-order valence-electron chi connectivity index (χ1n) is 6.30. The summed E-state index contributed by atoms with van der Waals surface area (Å²) in [5.41, 5.74) is 1.49. The first-order chi connectivity index (χ1) is 8.88. The fourth-order valence-electron chi connectivity index (χ4n) is 2.09. The SMILES string of the molecule is CC(C)(C)OC(=O)[C@@H]1CCCN1C(=O)c1cscn1. The van der Waals surface area contributed by atoms with E-state index in [0.29, 0.717) is 18.7 Å². The number of thiazole rings is 1. The minimum absolute atomic E-state index is 0.186. The van der Waals surface area contributed by atoms with Crippen molar-refractivity contribution < 1.29 is 14.3 Å². The van der Waals surface area contributed by atoms with Gasteiger partial charge in [-0.15, -0.1) is 11.3 Å². The van der Waals surface area contributed by atoms with Gasteiger partial charge in [0, 0.05) is 11.9 Å². The molecular weight excluding hydrogens is 264 g/mol. The van der Waals surface area contributed by atoms with E-state index < -0.39 is 11.6 Å². The Kier molecular flexibility index (Phi) is 3.89. The number of aromatic nitrogens is 1. The maximum absolute atomic E-state index is 12.3. The normalized spacial score (nSPS) is 19.5. The van der Waals surface area contributed by atoms with Crippen molar-refractivity contribution in [1.29, 1.82) is 0 Å². The number of carbonyl (C=O) groups is 2. The zero-order valence-corrected chi connectivity index (χ0v) is 12.2. The quantitative estimate of drug-likeness (QED) is 0.779. The summed E-state index contributed by atoms with van der Waals surface area (Å²) in [5.74, 6) is -0.511. The van der Waals surface area contributed by atoms with E-state index in [1.807, 2.05) is 20.8 Å². The highest BCUT2D eigenvalue weighted by Crippen LogP contribution is 2.23. The maximum Gasteiger partial charge on any atom is 0.329 e. The molecule has 0 N–H and O–H groups in total. The molecule has 6 heteroatoms. The molecule has 2 heterocycles. The maximum atomic E-state index is 12.3. The summed E-state index contributed by atoms with van der Waals surface area (Å²) in [4.78, 5) is 29.9. The van der Waals surface area contributed by atoms with Crippen molar-refractivity contribution in [3.8, 4) is 0 Å². The highest BCUT2D eigenvalue weighted by molar-refractivity contribution is 7.07. The van der Waals surface area contributed by atoms with Crippen molar-refractivity contribution in [1.82, 2.24) is 9.88 Å². The van der Waals surface area contributed by atoms with E-state index >= 15 is 0 Å². The molecule has 1 atom stereocenters. The number of amides is 1. The van der Waals surface area contributed by atoms with Gasteiger partial charge >= 0.3 is 5.97 Å². The summed E-state index contributed by atoms with van der Waals surface area (Å²) >= 11 is 1.37. The molecule has 0 saturated carbocycles. The molecular formula is C13H18N2O3S. The van der Waals surface area contributed by atoms with Crippen molar-refractivity contribution in [3.63, 3.8) is 0 Å². The Hall–Kier alpha value is -1.43. The van der Waals surface area contributed by atoms with E-state index in [1.165, 1.54) is 11.3 Å². The first kappa shape index (κ1) is 14.0. The van der Waals surface area contributed by atoms with E-state index in [2.05, 4.69) is 4.98 Å². The van der Waals surface area contributed by atoms with Crippen LogP contribution in [0.15, 0.2) is 10.9 Å². The summed E-state index contributed by atoms with van der Waals surface area (Å²) in [7, 11) is 0. The van der Waals surface area contributed by atoms with E-state index in [0.717, 1.165) is 6.42 Å². The van der Waals surface area contributed by atoms with Crippen LogP contribution in [0, 0.1) is 0 Å². The number of esters is 1. The molecule has 19 heavy (non-hydrogen) atoms. The van der Waals surface area contributed by atoms with Crippen LogP contribution < -0.4 is 0 Å². The molecule has 1 aromatic rings. The summed E-state index contributed by atoms with van der Waals surface area (Å²) < 4.78 is 5.37. The van der Waals surface area contributed by atoms with Crippen LogP contribution in [0.2, 0.25) is 0 Å². The summed E-state index contributed by atoms with van der Waals surface area (Å²) in [6.07, 6.45) is 1.48. The second kappa shape index (κ2) is 5.28. The number of rotatable bonds is 2. The van der Waals surface area contributed by atoms with Gasteiger partial charge in [-0.3, -0.25) is 4.79 Å². The lowest BCUT2D eigenvalue weighted by molar-refractivity contribution is -0.159. The molecule has 0 unspecified atom stereocenters. The second-order valence-corrected chi connectivity index (χ2v) is 6.28. The van der Waals surface area contributed by atoms with Crippen LogP contribution in [0.25, 0.3) is 0 Å². The predicted molar refractivity (Wildman–Crippen MR) is 72.0 cm³/mol. The van der Waals surface area contributed by atoms with Crippen molar-refractivity contribution in [2.75, 3.05) is 6.54 Å². The number of nitrogens with zero attached hydrogens (tertiary/aromatic N) is 2. The number of likely N-dealkylation sites (tertiary alicyclic amines) is 1. The Morgan fingerprint density at radius 1 is 1.47 bits per heavy atom. The Morgan fingerprint density at radius 2 is 2.21 bits per heavy atom. The average Bonchev–Trinajstić information content (AvgIpc) is 2.97. The minimum atomic E-state index is -0.533. The Morgan fingerprint density at radius 3 is 2.79 bits per heavy atom. The molecule has 1 saturated heterocycles. The molecule has 1 aromatic heterocycles. The number of hydrogen-bond donors (Lipinski definition) is 0. The fourth-order valence-corrected chi connectivity index (χ4v) is 2.62. The van der Waals surface area contributed by atoms with Gasteiger partial charge in [-0.25, -0.2) is 9.78 Å². The molecule has 0 aliphatic carbocycles. The largest absolute Gasteiger partial charge is 0.458 e. The van der Waals surface area contributed by atoms with Crippen LogP contribution >= 0.6 is 11.3 Å². The number of carbonyl (C=O) groups excluding carboxylic acids is 2. The van der Waals surface area contributed by atoms with Crippen LogP contribution in [0.1, 0.15) is 44.1 Å². The van der Waals surface area contributed by atoms with Gasteiger partial charge < -0.3 is 9.64 Å². The molecule has 0 bridgehead atoms. The van der Waals surface area contributed by atoms with Crippen molar-refractivity contribution in [2.24, 2.45) is 0 Å². The molecule has 1 aliphatic heterocycles. The predicted octanol–water partition coefficient (Wildman–Crippen LogP) is 2.09. The summed E-state index contributed by atoms with van der Waals surface area (Å²) in [6, 6.07) is -0.478. The van der Waals surface area contributed by atoms with Crippen molar-refractivity contribution in [2.45, 2.75) is 45.3 Å². The minimum Gasteiger partial charge on any atom is -0.458 e. The molecule has 1 aliphatic rings. The van der Waals surface area contributed by atoms with Crippen molar-refractivity contribution >= 4 is 23.2 Å². The number of ether oxygens (including phenoxy) is 1. The zero-order chi connectivity index (χ0) is 14.0. The van der Waals surface area contributed by atoms with Crippen LogP contribution in [0.3, 0.4) is 0 Å². The average molecular weight is 282 g/mol. The Labute approximate surface area is 116 Å². The summed E-state index contributed by atoms with van der Waals surface area (Å²) in [5, 5.41) is 1.70. The van der Waals surface area contributed by atoms with Crippen LogP contribution in [0.5, 0.6) is 0 Å². The monoisotopic (exact) mass is 282 g/mol. The third-order valence-corrected chi connectivity index (χ3v) is 3.43. The van der Waals surface area contributed by atoms with Gasteiger partial charge in [0.15, 0.2) is 0 Å². The van der Waals surface area contributed by atoms with E-state index in [4.69, 9.17) is 4.74 Å². The fraction of sp³-hybridized carbons (Fsp3) is 0.615. The molecule has 1 fully saturated rings. The smallest absolute Gasteiger partial charge is 0.329 e. The molecule has 1 amide bonds. The van der Waals surface area contributed by atoms with Crippen LogP contribution in [-0.2, 0) is 9.53 Å². The third kappa shape index (κ3) is 3.32. The molecule has 0 spiro atoms. The highest BCUT2D eigenvalue weighted by atomic mass is 32.1. The highest BCUT2D eigenvalue weighted by Gasteiger charge is 2.37. The topological polar surface area (TPSA) is 59.5 Å². The number of hydrogen-bond acceptors (Lipinski definition) is 5. The molecule has 0 aromatic carbocycles. The van der Waals surface area contributed by atoms with Gasteiger partial charge in [-0.05, 0) is 33.6 Å². The standard InChI is InChI=1S/C13H18N2O3S/c1-13(2,3)18-12(17)10-5-4-6-15(10)11(16)9-7-19-8-14-9/h7-8,10H,4-6H2,1-3H3/t10-/m0/s1. The Bertz CT molecular complexity index is 465. The third-order valence-electron chi connectivity index (χ3n) is 2.84. The van der Waals surface area contributed by atoms with Gasteiger partial charge in [0.1, 0.15) is 17.3 Å². The van der Waals surface area contributed by atoms with E-state index in [-0.39, 0.29) is 11.9 Å². The molecule has 2 rings (SSSR count).